The molecule has 0 saturated heterocycles. The molecule has 0 bridgehead atoms. The van der Waals surface area contributed by atoms with Crippen LogP contribution in [-0.2, 0) is 38.1 Å². The number of carbonyl (C=O) groups excluding carboxylic acids is 4. The van der Waals surface area contributed by atoms with Gasteiger partial charge in [0.2, 0.25) is 0 Å². The van der Waals surface area contributed by atoms with Crippen molar-refractivity contribution in [1.82, 2.24) is 0 Å². The zero-order valence-corrected chi connectivity index (χ0v) is 56.1. The molecule has 0 aromatic carbocycles. The quantitative estimate of drug-likeness (QED) is 0.0257. The summed E-state index contributed by atoms with van der Waals surface area (Å²) >= 11 is 0. The Labute approximate surface area is 520 Å². The molecule has 8 nitrogen and oxygen atoms in total. The fourth-order valence-electron chi connectivity index (χ4n) is 10.8. The molecule has 0 rings (SSSR count). The molecule has 490 valence electrons. The maximum atomic E-state index is 12.7. The van der Waals surface area contributed by atoms with Crippen LogP contribution in [0.25, 0.3) is 0 Å². The average molecular weight is 1180 g/mol. The highest BCUT2D eigenvalue weighted by Crippen LogP contribution is 2.19. The number of hydrogen-bond acceptors (Lipinski definition) is 8. The van der Waals surface area contributed by atoms with Crippen LogP contribution in [0.3, 0.4) is 0 Å². The molecule has 0 aromatic heterocycles. The van der Waals surface area contributed by atoms with Gasteiger partial charge in [0.1, 0.15) is 12.2 Å². The lowest BCUT2D eigenvalue weighted by Crippen LogP contribution is -2.17. The molecular weight excluding hydrogens is 1040 g/mol. The van der Waals surface area contributed by atoms with E-state index in [1.807, 2.05) is 0 Å². The summed E-state index contributed by atoms with van der Waals surface area (Å²) in [6, 6.07) is 0. The van der Waals surface area contributed by atoms with Crippen molar-refractivity contribution in [2.24, 2.45) is 0 Å². The van der Waals surface area contributed by atoms with Crippen molar-refractivity contribution in [3.8, 4) is 0 Å². The molecule has 0 aliphatic rings. The van der Waals surface area contributed by atoms with E-state index in [-0.39, 0.29) is 48.9 Å². The summed E-state index contributed by atoms with van der Waals surface area (Å²) in [6.45, 7) is 9.82. The highest BCUT2D eigenvalue weighted by atomic mass is 16.6. The van der Waals surface area contributed by atoms with Crippen LogP contribution < -0.4 is 0 Å². The Hall–Kier alpha value is -3.16. The summed E-state index contributed by atoms with van der Waals surface area (Å²) in [5, 5.41) is 0. The molecule has 0 fully saturated rings. The molecule has 84 heavy (non-hydrogen) atoms. The second-order valence-electron chi connectivity index (χ2n) is 24.8. The van der Waals surface area contributed by atoms with E-state index in [0.717, 1.165) is 128 Å². The number of ether oxygens (including phenoxy) is 4. The van der Waals surface area contributed by atoms with Gasteiger partial charge in [0.15, 0.2) is 0 Å². The van der Waals surface area contributed by atoms with Gasteiger partial charge in [0.05, 0.1) is 26.1 Å². The van der Waals surface area contributed by atoms with Crippen LogP contribution in [0.1, 0.15) is 387 Å². The lowest BCUT2D eigenvalue weighted by atomic mass is 10.1. The number of rotatable bonds is 67. The van der Waals surface area contributed by atoms with Crippen LogP contribution in [0.15, 0.2) is 48.6 Å². The van der Waals surface area contributed by atoms with Crippen LogP contribution >= 0.6 is 0 Å². The molecule has 0 unspecified atom stereocenters. The number of unbranched alkanes of at least 4 members (excludes halogenated alkanes) is 40. The van der Waals surface area contributed by atoms with Gasteiger partial charge >= 0.3 is 23.9 Å². The first-order valence-corrected chi connectivity index (χ1v) is 36.7. The Balaban J connectivity index is 3.95. The van der Waals surface area contributed by atoms with Crippen LogP contribution in [0, 0.1) is 0 Å². The normalized spacial score (nSPS) is 12.6. The molecular formula is C76H138O8. The average Bonchev–Trinajstić information content (AvgIpc) is 3.50. The second-order valence-corrected chi connectivity index (χ2v) is 24.8. The lowest BCUT2D eigenvalue weighted by Gasteiger charge is -2.16. The van der Waals surface area contributed by atoms with Crippen molar-refractivity contribution in [3.05, 3.63) is 48.6 Å². The third-order valence-corrected chi connectivity index (χ3v) is 16.4. The minimum absolute atomic E-state index is 0.00680. The topological polar surface area (TPSA) is 105 Å². The van der Waals surface area contributed by atoms with Gasteiger partial charge < -0.3 is 18.9 Å². The van der Waals surface area contributed by atoms with Gasteiger partial charge in [-0.15, -0.1) is 0 Å². The molecule has 0 aliphatic carbocycles. The van der Waals surface area contributed by atoms with E-state index in [9.17, 15) is 19.2 Å². The summed E-state index contributed by atoms with van der Waals surface area (Å²) in [5.41, 5.74) is 0. The summed E-state index contributed by atoms with van der Waals surface area (Å²) in [7, 11) is 0. The van der Waals surface area contributed by atoms with Crippen molar-refractivity contribution < 1.29 is 38.1 Å². The largest absolute Gasteiger partial charge is 0.466 e. The second kappa shape index (κ2) is 68.9. The fourth-order valence-corrected chi connectivity index (χ4v) is 10.8. The summed E-state index contributed by atoms with van der Waals surface area (Å²) in [5.74, 6) is -0.694. The van der Waals surface area contributed by atoms with E-state index in [2.05, 4.69) is 76.3 Å². The van der Waals surface area contributed by atoms with Gasteiger partial charge in [-0.3, -0.25) is 19.2 Å². The van der Waals surface area contributed by atoms with Crippen molar-refractivity contribution in [1.29, 1.82) is 0 Å². The Kier molecular flexibility index (Phi) is 66.4. The monoisotopic (exact) mass is 1180 g/mol. The highest BCUT2D eigenvalue weighted by Gasteiger charge is 2.15. The number of hydrogen-bond donors (Lipinski definition) is 0. The first-order chi connectivity index (χ1) is 41.4. The molecule has 0 spiro atoms. The van der Waals surface area contributed by atoms with Gasteiger partial charge in [-0.2, -0.15) is 0 Å². The molecule has 2 atom stereocenters. The third-order valence-electron chi connectivity index (χ3n) is 16.4. The number of allylic oxidation sites excluding steroid dienone is 6. The van der Waals surface area contributed by atoms with E-state index >= 15 is 0 Å². The van der Waals surface area contributed by atoms with Gasteiger partial charge in [-0.1, -0.05) is 269 Å². The van der Waals surface area contributed by atoms with Crippen molar-refractivity contribution >= 4 is 23.9 Å². The first kappa shape index (κ1) is 80.8. The zero-order chi connectivity index (χ0) is 61.0. The third kappa shape index (κ3) is 64.8. The van der Waals surface area contributed by atoms with Gasteiger partial charge in [0.25, 0.3) is 0 Å². The molecule has 0 amide bonds. The minimum atomic E-state index is -0.324. The van der Waals surface area contributed by atoms with Crippen LogP contribution in [0.5, 0.6) is 0 Å². The summed E-state index contributed by atoms with van der Waals surface area (Å²) in [4.78, 5) is 49.9. The first-order valence-electron chi connectivity index (χ1n) is 36.7. The molecule has 0 saturated carbocycles. The zero-order valence-electron chi connectivity index (χ0n) is 56.1. The highest BCUT2D eigenvalue weighted by molar-refractivity contribution is 5.77. The Bertz CT molecular complexity index is 1420. The van der Waals surface area contributed by atoms with Crippen LogP contribution in [-0.4, -0.2) is 49.3 Å². The smallest absolute Gasteiger partial charge is 0.306 e. The predicted molar refractivity (Wildman–Crippen MR) is 359 cm³/mol. The minimum Gasteiger partial charge on any atom is -0.466 e. The fraction of sp³-hybridized carbons (Fsp3) is 0.842. The lowest BCUT2D eigenvalue weighted by molar-refractivity contribution is -0.150. The number of carbonyl (C=O) groups is 4. The SMILES string of the molecule is CCCCCCCC/C=C\CCCCCCCC(=O)O[C@@H](C/C=C\CCCCCCCCOC(=O)CCC(=O)OCCCCCCCC/C=C\C[C@@H](CCCCCC)OC(=O)CCCCCCC/C=C\CCCCCCCC)CCCCCC. The Morgan fingerprint density at radius 1 is 0.250 bits per heavy atom. The van der Waals surface area contributed by atoms with Crippen LogP contribution in [0.2, 0.25) is 0 Å². The maximum absolute atomic E-state index is 12.7. The molecule has 8 heteroatoms. The van der Waals surface area contributed by atoms with Gasteiger partial charge in [0, 0.05) is 25.7 Å². The molecule has 0 aliphatic heterocycles. The van der Waals surface area contributed by atoms with E-state index in [0.29, 0.717) is 26.1 Å². The summed E-state index contributed by atoms with van der Waals surface area (Å²) < 4.78 is 22.8. The molecule has 0 aromatic rings. The molecule has 0 radical (unpaired) electrons. The number of esters is 4. The van der Waals surface area contributed by atoms with Crippen LogP contribution in [0.4, 0.5) is 0 Å². The molecule has 0 N–H and O–H groups in total. The standard InChI is InChI=1S/C76H138O8/c1-5-9-13-17-19-21-23-25-27-29-31-37-43-49-57-65-75(79)83-71(61-53-15-11-7-3)63-55-47-41-35-33-39-45-51-59-69-81-73(77)67-68-74(78)82-70-60-52-46-40-34-36-42-48-56-64-72(62-54-16-12-8-4)84-76(80)66-58-50-44-38-32-30-28-26-24-22-20-18-14-10-6-2/h25-28,47-48,55-56,71-72H,5-24,29-46,49-54,57-70H2,1-4H3/b27-25-,28-26-,55-47-,56-48-/t71-,72-/m1/s1. The maximum Gasteiger partial charge on any atom is 0.306 e. The Morgan fingerprint density at radius 3 is 0.786 bits per heavy atom. The van der Waals surface area contributed by atoms with Gasteiger partial charge in [-0.05, 0) is 128 Å². The van der Waals surface area contributed by atoms with E-state index in [1.54, 1.807) is 0 Å². The van der Waals surface area contributed by atoms with Gasteiger partial charge in [-0.25, -0.2) is 0 Å². The van der Waals surface area contributed by atoms with E-state index < -0.39 is 0 Å². The summed E-state index contributed by atoms with van der Waals surface area (Å²) in [6.07, 6.45) is 80.5. The van der Waals surface area contributed by atoms with E-state index in [4.69, 9.17) is 18.9 Å². The van der Waals surface area contributed by atoms with Crippen molar-refractivity contribution in [3.63, 3.8) is 0 Å². The Morgan fingerprint density at radius 2 is 0.488 bits per heavy atom. The van der Waals surface area contributed by atoms with Crippen molar-refractivity contribution in [2.45, 2.75) is 399 Å². The predicted octanol–water partition coefficient (Wildman–Crippen LogP) is 24.0. The molecule has 0 heterocycles. The van der Waals surface area contributed by atoms with E-state index in [1.165, 1.54) is 205 Å². The van der Waals surface area contributed by atoms with Crippen molar-refractivity contribution in [2.75, 3.05) is 13.2 Å².